The summed E-state index contributed by atoms with van der Waals surface area (Å²) in [5, 5.41) is 8.18. The molecule has 13 heavy (non-hydrogen) atoms. The zero-order valence-corrected chi connectivity index (χ0v) is 7.82. The molecule has 0 aliphatic heterocycles. The third-order valence-electron chi connectivity index (χ3n) is 1.30. The van der Waals surface area contributed by atoms with E-state index < -0.39 is 11.9 Å². The molecule has 0 aliphatic carbocycles. The number of ether oxygens (including phenoxy) is 1. The first kappa shape index (κ1) is 11.8. The van der Waals surface area contributed by atoms with Gasteiger partial charge in [-0.3, -0.25) is 0 Å². The smallest absolute Gasteiger partial charge is 0.331 e. The number of hydrogen-bond acceptors (Lipinski definition) is 3. The maximum Gasteiger partial charge on any atom is 0.331 e. The van der Waals surface area contributed by atoms with Crippen molar-refractivity contribution in [2.75, 3.05) is 6.61 Å². The molecule has 0 aromatic carbocycles. The quantitative estimate of drug-likeness (QED) is 0.321. The third-order valence-corrected chi connectivity index (χ3v) is 1.30. The molecule has 0 saturated carbocycles. The molecule has 4 nitrogen and oxygen atoms in total. The number of carboxylic acids is 1. The number of hydrogen-bond donors (Lipinski definition) is 1. The highest BCUT2D eigenvalue weighted by Crippen LogP contribution is 1.98. The number of esters is 1. The van der Waals surface area contributed by atoms with Gasteiger partial charge in [0.1, 0.15) is 0 Å². The molecule has 0 bridgehead atoms. The molecule has 1 N–H and O–H groups in total. The second-order valence-corrected chi connectivity index (χ2v) is 3.02. The van der Waals surface area contributed by atoms with Crippen molar-refractivity contribution in [1.82, 2.24) is 0 Å². The van der Waals surface area contributed by atoms with Gasteiger partial charge in [-0.2, -0.15) is 0 Å². The van der Waals surface area contributed by atoms with Gasteiger partial charge in [-0.15, -0.1) is 0 Å². The minimum atomic E-state index is -1.15. The summed E-state index contributed by atoms with van der Waals surface area (Å²) < 4.78 is 4.71. The summed E-state index contributed by atoms with van der Waals surface area (Å²) in [6.45, 7) is 0.334. The van der Waals surface area contributed by atoms with Crippen molar-refractivity contribution >= 4 is 27.6 Å². The van der Waals surface area contributed by atoms with Crippen LogP contribution < -0.4 is 0 Å². The van der Waals surface area contributed by atoms with Gasteiger partial charge >= 0.3 is 11.9 Å². The summed E-state index contributed by atoms with van der Waals surface area (Å²) in [5.41, 5.74) is 0.469. The van der Waals surface area contributed by atoms with E-state index in [2.05, 4.69) is 0 Å². The van der Waals surface area contributed by atoms with E-state index >= 15 is 0 Å². The van der Waals surface area contributed by atoms with Gasteiger partial charge in [0.05, 0.1) is 22.3 Å². The van der Waals surface area contributed by atoms with E-state index in [4.69, 9.17) is 9.84 Å². The van der Waals surface area contributed by atoms with Gasteiger partial charge < -0.3 is 9.84 Å². The topological polar surface area (TPSA) is 63.6 Å². The number of carbonyl (C=O) groups is 2. The Balaban J connectivity index is 3.58. The molecule has 0 rings (SSSR count). The Morgan fingerprint density at radius 3 is 2.46 bits per heavy atom. The lowest BCUT2D eigenvalue weighted by Gasteiger charge is -2.03. The molecule has 0 aliphatic rings. The van der Waals surface area contributed by atoms with Gasteiger partial charge in [-0.25, -0.2) is 9.59 Å². The minimum Gasteiger partial charge on any atom is -0.478 e. The maximum atomic E-state index is 10.8. The Bertz CT molecular complexity index is 213. The molecule has 70 valence electrons. The normalized spacial score (nSPS) is 10.5. The van der Waals surface area contributed by atoms with Crippen LogP contribution in [0.1, 0.15) is 6.42 Å². The van der Waals surface area contributed by atoms with E-state index in [0.717, 1.165) is 18.6 Å². The number of carboxylic acid groups (broad SMARTS) is 1. The average Bonchev–Trinajstić information content (AvgIpc) is 2.00. The van der Waals surface area contributed by atoms with Crippen molar-refractivity contribution in [3.8, 4) is 0 Å². The molecular formula is C7H12B2O4. The van der Waals surface area contributed by atoms with Gasteiger partial charge in [0.15, 0.2) is 0 Å². The van der Waals surface area contributed by atoms with Crippen LogP contribution in [-0.2, 0) is 14.3 Å². The second-order valence-electron chi connectivity index (χ2n) is 3.02. The van der Waals surface area contributed by atoms with E-state index in [9.17, 15) is 9.59 Å². The highest BCUT2D eigenvalue weighted by atomic mass is 16.5. The van der Waals surface area contributed by atoms with E-state index in [1.54, 1.807) is 0 Å². The number of rotatable bonds is 5. The van der Waals surface area contributed by atoms with E-state index in [-0.39, 0.29) is 0 Å². The van der Waals surface area contributed by atoms with Gasteiger partial charge in [0.2, 0.25) is 0 Å². The number of carbonyl (C=O) groups excluding carboxylic acids is 1. The molecule has 0 aromatic rings. The fourth-order valence-electron chi connectivity index (χ4n) is 0.583. The van der Waals surface area contributed by atoms with Crippen LogP contribution in [0.25, 0.3) is 0 Å². The Kier molecular flexibility index (Phi) is 5.76. The molecule has 0 aromatic heterocycles. The van der Waals surface area contributed by atoms with Crippen LogP contribution in [0, 0.1) is 0 Å². The molecule has 0 saturated heterocycles. The zero-order chi connectivity index (χ0) is 10.3. The summed E-state index contributed by atoms with van der Waals surface area (Å²) in [4.78, 5) is 20.7. The molecule has 0 fully saturated rings. The van der Waals surface area contributed by atoms with E-state index in [1.165, 1.54) is 0 Å². The van der Waals surface area contributed by atoms with Crippen LogP contribution in [0.4, 0.5) is 0 Å². The number of aliphatic carboxylic acids is 1. The Morgan fingerprint density at radius 2 is 2.00 bits per heavy atom. The van der Waals surface area contributed by atoms with Gasteiger partial charge in [-0.1, -0.05) is 5.72 Å². The second kappa shape index (κ2) is 6.34. The fourth-order valence-corrected chi connectivity index (χ4v) is 0.583. The first-order valence-electron chi connectivity index (χ1n) is 4.10. The van der Waals surface area contributed by atoms with Crippen molar-refractivity contribution in [2.45, 2.75) is 12.1 Å². The molecule has 0 amide bonds. The van der Waals surface area contributed by atoms with Crippen molar-refractivity contribution in [2.24, 2.45) is 0 Å². The van der Waals surface area contributed by atoms with Crippen molar-refractivity contribution in [1.29, 1.82) is 0 Å². The van der Waals surface area contributed by atoms with Crippen LogP contribution in [0.15, 0.2) is 12.2 Å². The Morgan fingerprint density at radius 1 is 1.38 bits per heavy atom. The molecule has 0 unspecified atom stereocenters. The molecule has 0 heterocycles. The highest BCUT2D eigenvalue weighted by molar-refractivity contribution is 6.35. The summed E-state index contributed by atoms with van der Waals surface area (Å²) in [7, 11) is 4.03. The third kappa shape index (κ3) is 8.72. The Hall–Kier alpha value is -1.19. The minimum absolute atomic E-state index is 0.334. The largest absolute Gasteiger partial charge is 0.478 e. The maximum absolute atomic E-state index is 10.8. The first-order valence-corrected chi connectivity index (χ1v) is 4.10. The molecule has 0 spiro atoms. The van der Waals surface area contributed by atoms with Crippen LogP contribution in [0.3, 0.4) is 0 Å². The van der Waals surface area contributed by atoms with Crippen molar-refractivity contribution in [3.05, 3.63) is 12.2 Å². The summed E-state index contributed by atoms with van der Waals surface area (Å²) in [5.74, 6) is -1.76. The van der Waals surface area contributed by atoms with Crippen molar-refractivity contribution in [3.63, 3.8) is 0 Å². The van der Waals surface area contributed by atoms with Crippen LogP contribution in [-0.4, -0.2) is 39.3 Å². The molecule has 0 radical (unpaired) electrons. The van der Waals surface area contributed by atoms with E-state index in [1.807, 2.05) is 15.7 Å². The fraction of sp³-hybridized carbons (Fsp3) is 0.429. The summed E-state index contributed by atoms with van der Waals surface area (Å²) in [6.07, 6.45) is 2.45. The molecule has 0 atom stereocenters. The monoisotopic (exact) mass is 182 g/mol. The lowest BCUT2D eigenvalue weighted by Crippen LogP contribution is -2.05. The van der Waals surface area contributed by atoms with Gasteiger partial charge in [-0.05, 0) is 6.42 Å². The predicted octanol–water partition coefficient (Wildman–Crippen LogP) is -1.43. The standard InChI is InChI=1S/C7H12B2O4/c8-5(9)3-4-13-7(12)2-1-6(10)11/h1-2,5H,3-4,8-9H2,(H,10,11)/b2-1+. The average molecular weight is 182 g/mol. The van der Waals surface area contributed by atoms with Crippen LogP contribution in [0.2, 0.25) is 5.72 Å². The summed E-state index contributed by atoms with van der Waals surface area (Å²) >= 11 is 0. The van der Waals surface area contributed by atoms with Gasteiger partial charge in [0.25, 0.3) is 0 Å². The van der Waals surface area contributed by atoms with E-state index in [0.29, 0.717) is 12.3 Å². The highest BCUT2D eigenvalue weighted by Gasteiger charge is 1.99. The van der Waals surface area contributed by atoms with Crippen LogP contribution in [0.5, 0.6) is 0 Å². The Labute approximate surface area is 78.8 Å². The molecular weight excluding hydrogens is 170 g/mol. The summed E-state index contributed by atoms with van der Waals surface area (Å²) in [6, 6.07) is 0. The lowest BCUT2D eigenvalue weighted by molar-refractivity contribution is -0.138. The predicted molar refractivity (Wildman–Crippen MR) is 53.2 cm³/mol. The SMILES string of the molecule is BC(B)CCOC(=O)/C=C/C(=O)O. The molecule has 6 heteroatoms. The van der Waals surface area contributed by atoms with Crippen molar-refractivity contribution < 1.29 is 19.4 Å². The van der Waals surface area contributed by atoms with Crippen LogP contribution >= 0.6 is 0 Å². The lowest BCUT2D eigenvalue weighted by atomic mass is 9.69. The zero-order valence-electron chi connectivity index (χ0n) is 7.82. The first-order chi connectivity index (χ1) is 6.02. The van der Waals surface area contributed by atoms with Gasteiger partial charge in [0, 0.05) is 12.2 Å².